The van der Waals surface area contributed by atoms with Crippen LogP contribution in [0.3, 0.4) is 0 Å². The van der Waals surface area contributed by atoms with Crippen LogP contribution in [0, 0.1) is 0 Å². The number of rotatable bonds is 1. The third-order valence-electron chi connectivity index (χ3n) is 4.55. The molecule has 0 saturated heterocycles. The van der Waals surface area contributed by atoms with Crippen molar-refractivity contribution in [3.8, 4) is 11.5 Å². The van der Waals surface area contributed by atoms with Gasteiger partial charge in [-0.1, -0.05) is 6.07 Å². The average molecular weight is 364 g/mol. The highest BCUT2D eigenvalue weighted by Crippen LogP contribution is 2.39. The highest BCUT2D eigenvalue weighted by Gasteiger charge is 2.24. The number of aromatic nitrogens is 1. The van der Waals surface area contributed by atoms with Crippen molar-refractivity contribution in [1.82, 2.24) is 10.3 Å². The zero-order valence-electron chi connectivity index (χ0n) is 14.0. The molecule has 6 nitrogen and oxygen atoms in total. The molecule has 0 unspecified atom stereocenters. The van der Waals surface area contributed by atoms with E-state index in [0.29, 0.717) is 34.1 Å². The molecule has 4 N–H and O–H groups in total. The van der Waals surface area contributed by atoms with Crippen molar-refractivity contribution in [2.45, 2.75) is 13.0 Å². The van der Waals surface area contributed by atoms with Crippen molar-refractivity contribution in [3.05, 3.63) is 41.3 Å². The number of hydrogen-bond acceptors (Lipinski definition) is 6. The maximum atomic E-state index is 12.4. The summed E-state index contributed by atoms with van der Waals surface area (Å²) in [6, 6.07) is 11.6. The van der Waals surface area contributed by atoms with Crippen LogP contribution in [-0.4, -0.2) is 23.5 Å². The predicted octanol–water partition coefficient (Wildman–Crippen LogP) is 3.84. The number of carbonyl (C=O) groups excluding carboxylic acids is 1. The normalized spacial score (nSPS) is 17.0. The number of amides is 1. The minimum absolute atomic E-state index is 0.0325. The van der Waals surface area contributed by atoms with Gasteiger partial charge in [-0.15, -0.1) is 11.3 Å². The van der Waals surface area contributed by atoms with Crippen LogP contribution in [0.5, 0.6) is 0 Å². The summed E-state index contributed by atoms with van der Waals surface area (Å²) in [5, 5.41) is 7.39. The summed E-state index contributed by atoms with van der Waals surface area (Å²) in [7, 11) is 0. The summed E-state index contributed by atoms with van der Waals surface area (Å²) < 4.78 is 6.93. The van der Waals surface area contributed by atoms with Crippen LogP contribution in [0.15, 0.2) is 40.8 Å². The van der Waals surface area contributed by atoms with E-state index in [1.807, 2.05) is 37.3 Å². The lowest BCUT2D eigenvalue weighted by Crippen LogP contribution is -2.34. The van der Waals surface area contributed by atoms with Crippen LogP contribution in [0.25, 0.3) is 32.6 Å². The summed E-state index contributed by atoms with van der Waals surface area (Å²) in [5.41, 5.74) is 9.64. The van der Waals surface area contributed by atoms with Gasteiger partial charge in [0.1, 0.15) is 10.4 Å². The number of anilines is 2. The van der Waals surface area contributed by atoms with E-state index in [9.17, 15) is 4.79 Å². The Morgan fingerprint density at radius 1 is 1.31 bits per heavy atom. The van der Waals surface area contributed by atoms with Crippen molar-refractivity contribution < 1.29 is 9.21 Å². The molecule has 2 aromatic carbocycles. The van der Waals surface area contributed by atoms with Crippen LogP contribution in [0.1, 0.15) is 16.6 Å². The molecule has 4 aromatic rings. The number of nitrogens with one attached hydrogen (secondary N) is 2. The van der Waals surface area contributed by atoms with Gasteiger partial charge in [-0.2, -0.15) is 0 Å². The highest BCUT2D eigenvalue weighted by atomic mass is 32.1. The third kappa shape index (κ3) is 2.24. The van der Waals surface area contributed by atoms with Crippen molar-refractivity contribution in [1.29, 1.82) is 0 Å². The highest BCUT2D eigenvalue weighted by molar-refractivity contribution is 7.21. The van der Waals surface area contributed by atoms with E-state index in [1.165, 1.54) is 11.3 Å². The van der Waals surface area contributed by atoms with Gasteiger partial charge in [0.15, 0.2) is 5.58 Å². The zero-order chi connectivity index (χ0) is 17.8. The van der Waals surface area contributed by atoms with Crippen molar-refractivity contribution in [2.75, 3.05) is 17.6 Å². The number of carbonyl (C=O) groups is 1. The number of nitrogen functional groups attached to an aromatic ring is 1. The van der Waals surface area contributed by atoms with Crippen molar-refractivity contribution in [3.63, 3.8) is 0 Å². The Balaban J connectivity index is 1.68. The molecule has 1 aliphatic heterocycles. The Hall–Kier alpha value is -3.06. The van der Waals surface area contributed by atoms with Gasteiger partial charge in [-0.05, 0) is 37.3 Å². The lowest BCUT2D eigenvalue weighted by molar-refractivity contribution is 0.0949. The van der Waals surface area contributed by atoms with Crippen LogP contribution >= 0.6 is 11.3 Å². The van der Waals surface area contributed by atoms with Gasteiger partial charge in [0, 0.05) is 28.2 Å². The quantitative estimate of drug-likeness (QED) is 0.446. The second-order valence-corrected chi connectivity index (χ2v) is 7.54. The van der Waals surface area contributed by atoms with Crippen LogP contribution in [0.2, 0.25) is 0 Å². The van der Waals surface area contributed by atoms with Gasteiger partial charge in [0.2, 0.25) is 5.89 Å². The largest absolute Gasteiger partial charge is 0.436 e. The standard InChI is InChI=1S/C19H16N4O2S/c1-9-8-21-15-11-7-10(5-6-14(11)26-17(15)18(24)22-9)19-23-16-12(20)3-2-4-13(16)25-19/h2-7,9,21H,8,20H2,1H3,(H,22,24)/t9-/m1/s1. The first-order valence-electron chi connectivity index (χ1n) is 8.37. The maximum Gasteiger partial charge on any atom is 0.263 e. The third-order valence-corrected chi connectivity index (χ3v) is 5.72. The summed E-state index contributed by atoms with van der Waals surface area (Å²) in [5.74, 6) is 0.487. The number of oxazole rings is 1. The Bertz CT molecular complexity index is 1180. The Morgan fingerprint density at radius 2 is 2.19 bits per heavy atom. The number of thiophene rings is 1. The molecule has 0 aliphatic carbocycles. The Labute approximate surface area is 153 Å². The molecular weight excluding hydrogens is 348 g/mol. The summed E-state index contributed by atoms with van der Waals surface area (Å²) >= 11 is 1.49. The van der Waals surface area contributed by atoms with Gasteiger partial charge in [-0.25, -0.2) is 4.98 Å². The summed E-state index contributed by atoms with van der Waals surface area (Å²) in [6.07, 6.45) is 0. The van der Waals surface area contributed by atoms with Gasteiger partial charge in [-0.3, -0.25) is 4.79 Å². The molecule has 1 aliphatic rings. The number of hydrogen-bond donors (Lipinski definition) is 3. The van der Waals surface area contributed by atoms with Crippen molar-refractivity contribution in [2.24, 2.45) is 0 Å². The zero-order valence-corrected chi connectivity index (χ0v) is 14.8. The van der Waals surface area contributed by atoms with E-state index in [0.717, 1.165) is 21.3 Å². The van der Waals surface area contributed by atoms with Crippen molar-refractivity contribution >= 4 is 49.8 Å². The van der Waals surface area contributed by atoms with Gasteiger partial charge < -0.3 is 20.8 Å². The van der Waals surface area contributed by atoms with Gasteiger partial charge in [0.05, 0.1) is 11.4 Å². The van der Waals surface area contributed by atoms with E-state index in [-0.39, 0.29) is 11.9 Å². The molecule has 3 heterocycles. The fourth-order valence-electron chi connectivity index (χ4n) is 3.25. The molecule has 0 bridgehead atoms. The molecule has 7 heteroatoms. The number of nitrogens with two attached hydrogens (primary N) is 1. The first kappa shape index (κ1) is 15.2. The molecule has 26 heavy (non-hydrogen) atoms. The first-order chi connectivity index (χ1) is 12.6. The Morgan fingerprint density at radius 3 is 3.04 bits per heavy atom. The minimum Gasteiger partial charge on any atom is -0.436 e. The molecule has 1 amide bonds. The molecule has 130 valence electrons. The van der Waals surface area contributed by atoms with E-state index in [1.54, 1.807) is 6.07 Å². The predicted molar refractivity (Wildman–Crippen MR) is 105 cm³/mol. The number of fused-ring (bicyclic) bond motifs is 4. The number of nitrogens with zero attached hydrogens (tertiary/aromatic N) is 1. The average Bonchev–Trinajstić information content (AvgIpc) is 3.18. The second-order valence-electron chi connectivity index (χ2n) is 6.49. The molecule has 0 spiro atoms. The van der Waals surface area contributed by atoms with Crippen LogP contribution in [0.4, 0.5) is 11.4 Å². The lowest BCUT2D eigenvalue weighted by Gasteiger charge is -2.09. The molecule has 0 fully saturated rings. The van der Waals surface area contributed by atoms with E-state index < -0.39 is 0 Å². The summed E-state index contributed by atoms with van der Waals surface area (Å²) in [4.78, 5) is 17.7. The second kappa shape index (κ2) is 5.47. The number of para-hydroxylation sites is 1. The molecule has 0 saturated carbocycles. The van der Waals surface area contributed by atoms with Crippen LogP contribution in [-0.2, 0) is 0 Å². The van der Waals surface area contributed by atoms with Gasteiger partial charge >= 0.3 is 0 Å². The SMILES string of the molecule is C[C@@H]1CNc2c(sc3ccc(-c4nc5c(N)cccc5o4)cc23)C(=O)N1. The monoisotopic (exact) mass is 364 g/mol. The first-order valence-corrected chi connectivity index (χ1v) is 9.18. The minimum atomic E-state index is -0.0325. The number of benzene rings is 2. The van der Waals surface area contributed by atoms with E-state index in [2.05, 4.69) is 15.6 Å². The molecule has 2 aromatic heterocycles. The molecule has 0 radical (unpaired) electrons. The van der Waals surface area contributed by atoms with Gasteiger partial charge in [0.25, 0.3) is 5.91 Å². The van der Waals surface area contributed by atoms with Crippen LogP contribution < -0.4 is 16.4 Å². The Kier molecular flexibility index (Phi) is 3.20. The topological polar surface area (TPSA) is 93.2 Å². The molecular formula is C19H16N4O2S. The summed E-state index contributed by atoms with van der Waals surface area (Å²) in [6.45, 7) is 2.67. The molecule has 5 rings (SSSR count). The smallest absolute Gasteiger partial charge is 0.263 e. The van der Waals surface area contributed by atoms with E-state index >= 15 is 0 Å². The maximum absolute atomic E-state index is 12.4. The fraction of sp³-hybridized carbons (Fsp3) is 0.158. The fourth-order valence-corrected chi connectivity index (χ4v) is 4.32. The van der Waals surface area contributed by atoms with E-state index in [4.69, 9.17) is 10.2 Å². The lowest BCUT2D eigenvalue weighted by atomic mass is 10.1. The molecule has 1 atom stereocenters.